The molecule has 0 aromatic carbocycles. The predicted molar refractivity (Wildman–Crippen MR) is 28.8 cm³/mol. The maximum atomic E-state index is 3.81. The molecule has 0 aliphatic rings. The molecule has 0 aliphatic carbocycles. The molecule has 3 heteroatoms. The number of aromatic nitrogens is 2. The fourth-order valence-electron chi connectivity index (χ4n) is 0.311. The van der Waals surface area contributed by atoms with Gasteiger partial charge >= 0.3 is 54.8 Å². The molecule has 0 saturated heterocycles. The van der Waals surface area contributed by atoms with Crippen molar-refractivity contribution in [2.75, 3.05) is 0 Å². The molecule has 2 nitrogen and oxygen atoms in total. The van der Waals surface area contributed by atoms with Crippen LogP contribution >= 0.6 is 0 Å². The Bertz CT molecular complexity index is 140. The fourth-order valence-corrected chi connectivity index (χ4v) is 0.802. The molecule has 7 heavy (non-hydrogen) atoms. The van der Waals surface area contributed by atoms with E-state index in [1.165, 1.54) is 3.58 Å². The van der Waals surface area contributed by atoms with E-state index in [4.69, 9.17) is 0 Å². The summed E-state index contributed by atoms with van der Waals surface area (Å²) in [5, 5.41) is 0. The Labute approximate surface area is 55.1 Å². The first-order valence-electron chi connectivity index (χ1n) is 1.90. The molecule has 1 aromatic heterocycles. The second kappa shape index (κ2) is 2.25. The van der Waals surface area contributed by atoms with Gasteiger partial charge < -0.3 is 0 Å². The molecule has 2 radical (unpaired) electrons. The maximum absolute atomic E-state index is 3.81. The molecule has 0 amide bonds. The van der Waals surface area contributed by atoms with Crippen molar-refractivity contribution < 1.29 is 0 Å². The van der Waals surface area contributed by atoms with Gasteiger partial charge in [-0.25, -0.2) is 0 Å². The Kier molecular flexibility index (Phi) is 1.62. The van der Waals surface area contributed by atoms with Gasteiger partial charge in [-0.05, 0) is 0 Å². The van der Waals surface area contributed by atoms with Crippen molar-refractivity contribution >= 4 is 26.1 Å². The average molecular weight is 199 g/mol. The number of hydrogen-bond acceptors (Lipinski definition) is 2. The van der Waals surface area contributed by atoms with Gasteiger partial charge in [0.2, 0.25) is 0 Å². The van der Waals surface area contributed by atoms with Crippen LogP contribution in [-0.2, 0) is 0 Å². The van der Waals surface area contributed by atoms with Crippen LogP contribution in [0.2, 0.25) is 0 Å². The Morgan fingerprint density at radius 2 is 1.86 bits per heavy atom. The zero-order valence-electron chi connectivity index (χ0n) is 3.70. The summed E-state index contributed by atoms with van der Waals surface area (Å²) in [6.45, 7) is 0. The van der Waals surface area contributed by atoms with Gasteiger partial charge in [0.1, 0.15) is 0 Å². The predicted octanol–water partition coefficient (Wildman–Crippen LogP) is -0.997. The van der Waals surface area contributed by atoms with Crippen molar-refractivity contribution in [2.24, 2.45) is 0 Å². The number of nitrogens with zero attached hydrogens (tertiary/aromatic N) is 2. The molecule has 0 aliphatic heterocycles. The van der Waals surface area contributed by atoms with E-state index in [2.05, 4.69) is 9.97 Å². The zero-order chi connectivity index (χ0) is 5.11. The van der Waals surface area contributed by atoms with Crippen LogP contribution in [0.4, 0.5) is 0 Å². The summed E-state index contributed by atoms with van der Waals surface area (Å²) < 4.78 is 1.23. The average Bonchev–Trinajstić information content (AvgIpc) is 1.69. The van der Waals surface area contributed by atoms with E-state index < -0.39 is 0 Å². The Balaban J connectivity index is 3.02. The van der Waals surface area contributed by atoms with E-state index in [0.717, 1.165) is 22.5 Å². The van der Waals surface area contributed by atoms with Gasteiger partial charge in [0.25, 0.3) is 0 Å². The van der Waals surface area contributed by atoms with Crippen LogP contribution in [0, 0.1) is 0 Å². The molecule has 0 spiro atoms. The third kappa shape index (κ3) is 1.42. The molecule has 0 atom stereocenters. The van der Waals surface area contributed by atoms with Crippen molar-refractivity contribution in [2.45, 2.75) is 0 Å². The quantitative estimate of drug-likeness (QED) is 0.501. The number of hydrogen-bond donors (Lipinski definition) is 0. The molecular weight excluding hydrogens is 195 g/mol. The molecule has 0 saturated carbocycles. The van der Waals surface area contributed by atoms with Crippen LogP contribution in [0.1, 0.15) is 0 Å². The second-order valence-corrected chi connectivity index (χ2v) is 3.07. The third-order valence-electron chi connectivity index (χ3n) is 0.581. The van der Waals surface area contributed by atoms with E-state index in [1.807, 2.05) is 12.4 Å². The first-order valence-corrected chi connectivity index (χ1v) is 3.55. The van der Waals surface area contributed by atoms with Gasteiger partial charge in [-0.1, -0.05) is 0 Å². The van der Waals surface area contributed by atoms with Crippen LogP contribution in [0.15, 0.2) is 18.7 Å². The Morgan fingerprint density at radius 1 is 1.29 bits per heavy atom. The standard InChI is InChI=1S/C4H3N2.Sn.H/c1-2-5-4-6-3-1;;/h2-4H;;. The van der Waals surface area contributed by atoms with E-state index in [1.54, 1.807) is 6.33 Å². The monoisotopic (exact) mass is 200 g/mol. The molecule has 0 fully saturated rings. The second-order valence-electron chi connectivity index (χ2n) is 1.17. The van der Waals surface area contributed by atoms with Crippen molar-refractivity contribution in [3.05, 3.63) is 18.7 Å². The van der Waals surface area contributed by atoms with E-state index >= 15 is 0 Å². The minimum absolute atomic E-state index is 1.11. The first-order chi connectivity index (χ1) is 3.39. The molecule has 0 bridgehead atoms. The summed E-state index contributed by atoms with van der Waals surface area (Å²) in [4.78, 5) is 7.61. The fraction of sp³-hybridized carbons (Fsp3) is 0. The van der Waals surface area contributed by atoms with E-state index in [9.17, 15) is 0 Å². The molecule has 0 N–H and O–H groups in total. The van der Waals surface area contributed by atoms with Crippen LogP contribution in [-0.4, -0.2) is 32.5 Å². The summed E-state index contributed by atoms with van der Waals surface area (Å²) in [5.74, 6) is 0. The normalized spacial score (nSPS) is 8.71. The van der Waals surface area contributed by atoms with Gasteiger partial charge in [-0.2, -0.15) is 0 Å². The molecular formula is C4H4N2Sn. The van der Waals surface area contributed by atoms with Crippen LogP contribution in [0.5, 0.6) is 0 Å². The summed E-state index contributed by atoms with van der Waals surface area (Å²) in [6, 6.07) is 0. The van der Waals surface area contributed by atoms with Crippen LogP contribution in [0.25, 0.3) is 0 Å². The first kappa shape index (κ1) is 5.02. The van der Waals surface area contributed by atoms with Crippen LogP contribution in [0.3, 0.4) is 0 Å². The third-order valence-corrected chi connectivity index (χ3v) is 1.43. The van der Waals surface area contributed by atoms with Gasteiger partial charge in [-0.3, -0.25) is 0 Å². The topological polar surface area (TPSA) is 25.8 Å². The summed E-state index contributed by atoms with van der Waals surface area (Å²) in [6.07, 6.45) is 5.20. The Morgan fingerprint density at radius 3 is 2.14 bits per heavy atom. The van der Waals surface area contributed by atoms with Crippen LogP contribution < -0.4 is 3.58 Å². The molecule has 1 heterocycles. The van der Waals surface area contributed by atoms with Gasteiger partial charge in [0.05, 0.1) is 0 Å². The minimum atomic E-state index is 1.11. The van der Waals surface area contributed by atoms with Crippen molar-refractivity contribution in [1.82, 2.24) is 9.97 Å². The molecule has 0 unspecified atom stereocenters. The van der Waals surface area contributed by atoms with E-state index in [-0.39, 0.29) is 0 Å². The summed E-state index contributed by atoms with van der Waals surface area (Å²) in [7, 11) is 0. The van der Waals surface area contributed by atoms with Gasteiger partial charge in [0, 0.05) is 0 Å². The van der Waals surface area contributed by atoms with Crippen molar-refractivity contribution in [1.29, 1.82) is 0 Å². The zero-order valence-corrected chi connectivity index (χ0v) is 7.00. The number of rotatable bonds is 0. The SMILES string of the molecule is [SnH][c]1cncnc1. The molecule has 34 valence electrons. The molecule has 1 aromatic rings. The van der Waals surface area contributed by atoms with Crippen molar-refractivity contribution in [3.63, 3.8) is 0 Å². The summed E-state index contributed by atoms with van der Waals surface area (Å²) in [5.41, 5.74) is 0. The summed E-state index contributed by atoms with van der Waals surface area (Å²) >= 11 is 1.11. The van der Waals surface area contributed by atoms with Gasteiger partial charge in [-0.15, -0.1) is 0 Å². The van der Waals surface area contributed by atoms with E-state index in [0.29, 0.717) is 0 Å². The Hall–Kier alpha value is -0.121. The van der Waals surface area contributed by atoms with Crippen molar-refractivity contribution in [3.8, 4) is 0 Å². The molecule has 1 rings (SSSR count). The van der Waals surface area contributed by atoms with Gasteiger partial charge in [0.15, 0.2) is 0 Å².